The van der Waals surface area contributed by atoms with E-state index in [1.807, 2.05) is 0 Å². The Morgan fingerprint density at radius 1 is 1.13 bits per heavy atom. The quantitative estimate of drug-likeness (QED) is 0.380. The van der Waals surface area contributed by atoms with Crippen LogP contribution in [0.5, 0.6) is 0 Å². The van der Waals surface area contributed by atoms with E-state index in [2.05, 4.69) is 95.7 Å². The molecule has 1 atom stereocenters. The summed E-state index contributed by atoms with van der Waals surface area (Å²) in [6.45, 7) is 10.6. The number of carbonyl (C=O) groups excluding carboxylic acids is 1. The van der Waals surface area contributed by atoms with Crippen LogP contribution < -0.4 is 0 Å². The van der Waals surface area contributed by atoms with Crippen LogP contribution in [0.2, 0.25) is 0 Å². The van der Waals surface area contributed by atoms with Gasteiger partial charge in [-0.25, -0.2) is 0 Å². The summed E-state index contributed by atoms with van der Waals surface area (Å²) in [5.74, 6) is 0.744. The molecule has 0 radical (unpaired) electrons. The summed E-state index contributed by atoms with van der Waals surface area (Å²) < 4.78 is 3.40. The Balaban J connectivity index is 1.74. The predicted molar refractivity (Wildman–Crippen MR) is 133 cm³/mol. The first-order valence-corrected chi connectivity index (χ1v) is 12.7. The third-order valence-corrected chi connectivity index (χ3v) is 6.87. The number of carbonyl (C=O) groups is 1. The van der Waals surface area contributed by atoms with Crippen molar-refractivity contribution in [1.29, 1.82) is 0 Å². The average Bonchev–Trinajstić information content (AvgIpc) is 3.13. The standard InChI is InChI=1S/C27H39BrN2O/c1-21(18-27(2,3)4)17-26(31)30(24-9-6-5-7-10-24)20-25-11-8-16-29(25)19-22-12-14-23(28)15-13-22/h8,11-16,21,24H,5-7,9-10,17-20H2,1-4H3. The Hall–Kier alpha value is -1.55. The molecule has 1 aromatic heterocycles. The number of nitrogens with zero attached hydrogens (tertiary/aromatic N) is 2. The van der Waals surface area contributed by atoms with Crippen LogP contribution in [0, 0.1) is 11.3 Å². The van der Waals surface area contributed by atoms with Gasteiger partial charge < -0.3 is 9.47 Å². The van der Waals surface area contributed by atoms with Gasteiger partial charge in [0.1, 0.15) is 0 Å². The molecule has 0 N–H and O–H groups in total. The summed E-state index contributed by atoms with van der Waals surface area (Å²) in [6, 6.07) is 13.2. The first-order valence-electron chi connectivity index (χ1n) is 11.9. The second-order valence-electron chi connectivity index (χ2n) is 10.6. The van der Waals surface area contributed by atoms with E-state index in [9.17, 15) is 4.79 Å². The van der Waals surface area contributed by atoms with Gasteiger partial charge in [0, 0.05) is 35.4 Å². The van der Waals surface area contributed by atoms with Gasteiger partial charge in [-0.15, -0.1) is 0 Å². The van der Waals surface area contributed by atoms with E-state index in [-0.39, 0.29) is 5.41 Å². The smallest absolute Gasteiger partial charge is 0.223 e. The Labute approximate surface area is 197 Å². The molecule has 0 spiro atoms. The largest absolute Gasteiger partial charge is 0.345 e. The van der Waals surface area contributed by atoms with Gasteiger partial charge in [0.25, 0.3) is 0 Å². The number of rotatable bonds is 8. The zero-order valence-corrected chi connectivity index (χ0v) is 21.3. The predicted octanol–water partition coefficient (Wildman–Crippen LogP) is 7.42. The summed E-state index contributed by atoms with van der Waals surface area (Å²) in [7, 11) is 0. The van der Waals surface area contributed by atoms with Crippen LogP contribution >= 0.6 is 15.9 Å². The van der Waals surface area contributed by atoms with Crippen LogP contribution in [0.1, 0.15) is 83.9 Å². The minimum atomic E-state index is 0.259. The van der Waals surface area contributed by atoms with E-state index in [1.54, 1.807) is 0 Å². The summed E-state index contributed by atoms with van der Waals surface area (Å²) in [4.78, 5) is 15.7. The molecule has 1 aromatic carbocycles. The molecule has 0 saturated heterocycles. The van der Waals surface area contributed by atoms with Crippen molar-refractivity contribution in [1.82, 2.24) is 9.47 Å². The van der Waals surface area contributed by atoms with Crippen molar-refractivity contribution in [2.45, 2.75) is 91.8 Å². The lowest BCUT2D eigenvalue weighted by molar-refractivity contribution is -0.136. The Morgan fingerprint density at radius 2 is 1.81 bits per heavy atom. The monoisotopic (exact) mass is 486 g/mol. The van der Waals surface area contributed by atoms with Gasteiger partial charge >= 0.3 is 0 Å². The van der Waals surface area contributed by atoms with Crippen LogP contribution in [0.15, 0.2) is 47.1 Å². The Kier molecular flexibility index (Phi) is 8.43. The van der Waals surface area contributed by atoms with Crippen LogP contribution in [-0.4, -0.2) is 21.4 Å². The number of hydrogen-bond donors (Lipinski definition) is 0. The molecule has 0 bridgehead atoms. The van der Waals surface area contributed by atoms with Crippen molar-refractivity contribution in [2.75, 3.05) is 0 Å². The van der Waals surface area contributed by atoms with E-state index < -0.39 is 0 Å². The highest BCUT2D eigenvalue weighted by Crippen LogP contribution is 2.29. The highest BCUT2D eigenvalue weighted by Gasteiger charge is 2.28. The Bertz CT molecular complexity index is 828. The van der Waals surface area contributed by atoms with Crippen molar-refractivity contribution in [3.05, 3.63) is 58.3 Å². The lowest BCUT2D eigenvalue weighted by Crippen LogP contribution is -2.42. The van der Waals surface area contributed by atoms with Gasteiger partial charge in [-0.3, -0.25) is 4.79 Å². The van der Waals surface area contributed by atoms with Crippen LogP contribution in [-0.2, 0) is 17.9 Å². The zero-order chi connectivity index (χ0) is 22.4. The minimum absolute atomic E-state index is 0.259. The molecule has 1 fully saturated rings. The topological polar surface area (TPSA) is 25.2 Å². The normalized spacial score (nSPS) is 16.3. The van der Waals surface area contributed by atoms with Gasteiger partial charge in [-0.1, -0.05) is 75.0 Å². The minimum Gasteiger partial charge on any atom is -0.345 e. The molecule has 2 aromatic rings. The van der Waals surface area contributed by atoms with Crippen LogP contribution in [0.4, 0.5) is 0 Å². The van der Waals surface area contributed by atoms with Gasteiger partial charge in [0.2, 0.25) is 5.91 Å². The number of amides is 1. The molecule has 3 rings (SSSR count). The molecule has 4 heteroatoms. The van der Waals surface area contributed by atoms with Crippen molar-refractivity contribution in [3.63, 3.8) is 0 Å². The maximum absolute atomic E-state index is 13.5. The van der Waals surface area contributed by atoms with Crippen molar-refractivity contribution in [3.8, 4) is 0 Å². The third kappa shape index (κ3) is 7.52. The summed E-state index contributed by atoms with van der Waals surface area (Å²) in [5.41, 5.74) is 2.76. The number of benzene rings is 1. The third-order valence-electron chi connectivity index (χ3n) is 6.34. The Morgan fingerprint density at radius 3 is 2.45 bits per heavy atom. The van der Waals surface area contributed by atoms with Gasteiger partial charge in [-0.2, -0.15) is 0 Å². The van der Waals surface area contributed by atoms with Gasteiger partial charge in [0.05, 0.1) is 6.54 Å². The van der Waals surface area contributed by atoms with Crippen molar-refractivity contribution in [2.24, 2.45) is 11.3 Å². The van der Waals surface area contributed by atoms with Crippen LogP contribution in [0.25, 0.3) is 0 Å². The molecule has 31 heavy (non-hydrogen) atoms. The molecule has 170 valence electrons. The fourth-order valence-corrected chi connectivity index (χ4v) is 5.32. The van der Waals surface area contributed by atoms with E-state index in [4.69, 9.17) is 0 Å². The molecule has 1 unspecified atom stereocenters. The first-order chi connectivity index (χ1) is 14.7. The molecule has 1 aliphatic rings. The second-order valence-corrected chi connectivity index (χ2v) is 11.6. The fourth-order valence-electron chi connectivity index (χ4n) is 5.05. The van der Waals surface area contributed by atoms with Crippen molar-refractivity contribution < 1.29 is 4.79 Å². The first kappa shape index (κ1) is 24.1. The molecule has 1 amide bonds. The average molecular weight is 488 g/mol. The number of halogens is 1. The molecule has 1 aliphatic carbocycles. The lowest BCUT2D eigenvalue weighted by atomic mass is 9.84. The van der Waals surface area contributed by atoms with E-state index in [0.717, 1.165) is 36.8 Å². The number of hydrogen-bond acceptors (Lipinski definition) is 1. The van der Waals surface area contributed by atoms with E-state index in [0.29, 0.717) is 24.3 Å². The molecular weight excluding hydrogens is 448 g/mol. The number of aromatic nitrogens is 1. The highest BCUT2D eigenvalue weighted by molar-refractivity contribution is 9.10. The zero-order valence-electron chi connectivity index (χ0n) is 19.7. The molecule has 0 aliphatic heterocycles. The second kappa shape index (κ2) is 10.8. The van der Waals surface area contributed by atoms with E-state index >= 15 is 0 Å². The molecular formula is C27H39BrN2O. The van der Waals surface area contributed by atoms with Gasteiger partial charge in [-0.05, 0) is 60.4 Å². The summed E-state index contributed by atoms with van der Waals surface area (Å²) in [6.07, 6.45) is 9.96. The van der Waals surface area contributed by atoms with E-state index in [1.165, 1.54) is 30.5 Å². The molecule has 1 saturated carbocycles. The maximum Gasteiger partial charge on any atom is 0.223 e. The lowest BCUT2D eigenvalue weighted by Gasteiger charge is -2.36. The molecule has 1 heterocycles. The molecule has 3 nitrogen and oxygen atoms in total. The van der Waals surface area contributed by atoms with Crippen LogP contribution in [0.3, 0.4) is 0 Å². The summed E-state index contributed by atoms with van der Waals surface area (Å²) in [5, 5.41) is 0. The fraction of sp³-hybridized carbons (Fsp3) is 0.593. The highest BCUT2D eigenvalue weighted by atomic mass is 79.9. The van der Waals surface area contributed by atoms with Gasteiger partial charge in [0.15, 0.2) is 0 Å². The SMILES string of the molecule is CC(CC(=O)N(Cc1cccn1Cc1ccc(Br)cc1)C1CCCCC1)CC(C)(C)C. The summed E-state index contributed by atoms with van der Waals surface area (Å²) >= 11 is 3.52. The van der Waals surface area contributed by atoms with Crippen molar-refractivity contribution >= 4 is 21.8 Å². The maximum atomic E-state index is 13.5.